The summed E-state index contributed by atoms with van der Waals surface area (Å²) in [6, 6.07) is 11.2. The highest BCUT2D eigenvalue weighted by atomic mass is 79.9. The minimum atomic E-state index is -0.144. The monoisotopic (exact) mass is 523 g/mol. The Morgan fingerprint density at radius 2 is 1.55 bits per heavy atom. The van der Waals surface area contributed by atoms with Gasteiger partial charge in [0.2, 0.25) is 0 Å². The highest BCUT2D eigenvalue weighted by Crippen LogP contribution is 2.34. The van der Waals surface area contributed by atoms with Crippen molar-refractivity contribution in [3.63, 3.8) is 0 Å². The maximum Gasteiger partial charge on any atom is 0.255 e. The summed E-state index contributed by atoms with van der Waals surface area (Å²) in [4.78, 5) is 12.2. The van der Waals surface area contributed by atoms with Gasteiger partial charge in [0.15, 0.2) is 0 Å². The van der Waals surface area contributed by atoms with E-state index in [0.717, 1.165) is 24.3 Å². The summed E-state index contributed by atoms with van der Waals surface area (Å²) >= 11 is 13.7. The van der Waals surface area contributed by atoms with Crippen LogP contribution in [0, 0.1) is 0 Å². The van der Waals surface area contributed by atoms with Gasteiger partial charge < -0.3 is 5.32 Å². The van der Waals surface area contributed by atoms with Crippen molar-refractivity contribution in [1.82, 2.24) is 0 Å². The van der Waals surface area contributed by atoms with Crippen LogP contribution >= 0.6 is 63.7 Å². The van der Waals surface area contributed by atoms with E-state index in [2.05, 4.69) is 69.0 Å². The third kappa shape index (κ3) is 3.93. The van der Waals surface area contributed by atoms with Crippen LogP contribution in [0.15, 0.2) is 49.8 Å². The van der Waals surface area contributed by atoms with Crippen molar-refractivity contribution >= 4 is 75.3 Å². The number of hydrogen-bond acceptors (Lipinski definition) is 1. The minimum Gasteiger partial charge on any atom is -0.320 e. The summed E-state index contributed by atoms with van der Waals surface area (Å²) in [6.45, 7) is 0. The molecular formula is C14H9Br4NO. The van der Waals surface area contributed by atoms with E-state index < -0.39 is 0 Å². The van der Waals surface area contributed by atoms with Crippen molar-refractivity contribution in [3.05, 3.63) is 60.9 Å². The topological polar surface area (TPSA) is 29.1 Å². The molecule has 0 atom stereocenters. The second-order valence-electron chi connectivity index (χ2n) is 4.03. The zero-order valence-electron chi connectivity index (χ0n) is 10.1. The number of alkyl halides is 1. The molecule has 0 spiro atoms. The molecule has 2 nitrogen and oxygen atoms in total. The summed E-state index contributed by atoms with van der Waals surface area (Å²) in [5.41, 5.74) is 2.46. The van der Waals surface area contributed by atoms with Gasteiger partial charge >= 0.3 is 0 Å². The normalized spacial score (nSPS) is 10.4. The van der Waals surface area contributed by atoms with Gasteiger partial charge in [-0.05, 0) is 61.7 Å². The number of amides is 1. The van der Waals surface area contributed by atoms with Gasteiger partial charge in [0.25, 0.3) is 5.91 Å². The third-order valence-electron chi connectivity index (χ3n) is 2.62. The van der Waals surface area contributed by atoms with Crippen LogP contribution in [0.25, 0.3) is 0 Å². The quantitative estimate of drug-likeness (QED) is 0.480. The van der Waals surface area contributed by atoms with Crippen LogP contribution in [0.4, 0.5) is 5.69 Å². The lowest BCUT2D eigenvalue weighted by Gasteiger charge is -2.10. The van der Waals surface area contributed by atoms with Crippen LogP contribution in [0.1, 0.15) is 15.9 Å². The Kier molecular flexibility index (Phi) is 5.84. The number of anilines is 1. The largest absolute Gasteiger partial charge is 0.320 e. The second kappa shape index (κ2) is 7.20. The number of hydrogen-bond donors (Lipinski definition) is 1. The number of carbonyl (C=O) groups excluding carboxylic acids is 1. The van der Waals surface area contributed by atoms with Crippen LogP contribution in [-0.2, 0) is 5.33 Å². The van der Waals surface area contributed by atoms with Crippen molar-refractivity contribution in [3.8, 4) is 0 Å². The van der Waals surface area contributed by atoms with Crippen LogP contribution in [0.2, 0.25) is 0 Å². The molecule has 0 radical (unpaired) electrons. The van der Waals surface area contributed by atoms with Crippen LogP contribution < -0.4 is 5.32 Å². The first-order valence-corrected chi connectivity index (χ1v) is 9.12. The van der Waals surface area contributed by atoms with E-state index >= 15 is 0 Å². The van der Waals surface area contributed by atoms with Crippen molar-refractivity contribution in [1.29, 1.82) is 0 Å². The van der Waals surface area contributed by atoms with Crippen LogP contribution in [0.5, 0.6) is 0 Å². The fourth-order valence-corrected chi connectivity index (χ4v) is 4.42. The molecule has 0 aliphatic heterocycles. The van der Waals surface area contributed by atoms with Crippen LogP contribution in [0.3, 0.4) is 0 Å². The van der Waals surface area contributed by atoms with Gasteiger partial charge in [-0.15, -0.1) is 0 Å². The fraction of sp³-hybridized carbons (Fsp3) is 0.0714. The van der Waals surface area contributed by atoms with Crippen molar-refractivity contribution in [2.24, 2.45) is 0 Å². The standard InChI is InChI=1S/C14H9Br4NO/c15-7-8-1-3-9(4-2-8)14(20)19-13-11(17)5-10(16)6-12(13)18/h1-6H,7H2,(H,19,20). The zero-order valence-corrected chi connectivity index (χ0v) is 16.4. The predicted molar refractivity (Wildman–Crippen MR) is 96.6 cm³/mol. The Morgan fingerprint density at radius 1 is 1.00 bits per heavy atom. The Labute approximate surface area is 150 Å². The molecule has 0 aliphatic carbocycles. The smallest absolute Gasteiger partial charge is 0.255 e. The van der Waals surface area contributed by atoms with Gasteiger partial charge in [-0.2, -0.15) is 0 Å². The van der Waals surface area contributed by atoms with Gasteiger partial charge in [0.1, 0.15) is 0 Å². The number of halogens is 4. The molecule has 1 amide bonds. The summed E-state index contributed by atoms with van der Waals surface area (Å²) in [5, 5.41) is 3.67. The molecule has 1 N–H and O–H groups in total. The van der Waals surface area contributed by atoms with Gasteiger partial charge in [-0.3, -0.25) is 4.79 Å². The Bertz CT molecular complexity index is 617. The Hall–Kier alpha value is -0.170. The van der Waals surface area contributed by atoms with Gasteiger partial charge in [0.05, 0.1) is 5.69 Å². The first kappa shape index (κ1) is 16.2. The molecule has 0 heterocycles. The number of carbonyl (C=O) groups is 1. The summed E-state index contributed by atoms with van der Waals surface area (Å²) < 4.78 is 2.55. The van der Waals surface area contributed by atoms with E-state index in [1.54, 1.807) is 0 Å². The molecule has 2 aromatic carbocycles. The molecule has 0 aromatic heterocycles. The number of benzene rings is 2. The molecule has 2 aromatic rings. The zero-order chi connectivity index (χ0) is 14.7. The van der Waals surface area contributed by atoms with Gasteiger partial charge in [0, 0.05) is 24.3 Å². The highest BCUT2D eigenvalue weighted by Gasteiger charge is 2.12. The summed E-state index contributed by atoms with van der Waals surface area (Å²) in [5.74, 6) is -0.144. The highest BCUT2D eigenvalue weighted by molar-refractivity contribution is 9.11. The minimum absolute atomic E-state index is 0.144. The van der Waals surface area contributed by atoms with E-state index in [1.807, 2.05) is 36.4 Å². The lowest BCUT2D eigenvalue weighted by Crippen LogP contribution is -2.12. The number of rotatable bonds is 3. The molecule has 6 heteroatoms. The lowest BCUT2D eigenvalue weighted by molar-refractivity contribution is 0.102. The molecular weight excluding hydrogens is 518 g/mol. The number of nitrogens with one attached hydrogen (secondary N) is 1. The molecule has 0 bridgehead atoms. The van der Waals surface area contributed by atoms with Gasteiger partial charge in [-0.25, -0.2) is 0 Å². The molecule has 0 aliphatic rings. The SMILES string of the molecule is O=C(Nc1c(Br)cc(Br)cc1Br)c1ccc(CBr)cc1. The van der Waals surface area contributed by atoms with E-state index in [9.17, 15) is 4.79 Å². The van der Waals surface area contributed by atoms with E-state index in [0.29, 0.717) is 11.3 Å². The van der Waals surface area contributed by atoms with Crippen molar-refractivity contribution in [2.75, 3.05) is 5.32 Å². The third-order valence-corrected chi connectivity index (χ3v) is 4.97. The Morgan fingerprint density at radius 3 is 2.05 bits per heavy atom. The predicted octanol–water partition coefficient (Wildman–Crippen LogP) is 6.12. The average molecular weight is 527 g/mol. The second-order valence-corrected chi connectivity index (χ2v) is 7.21. The summed E-state index contributed by atoms with van der Waals surface area (Å²) in [6.07, 6.45) is 0. The van der Waals surface area contributed by atoms with E-state index in [4.69, 9.17) is 0 Å². The summed E-state index contributed by atoms with van der Waals surface area (Å²) in [7, 11) is 0. The van der Waals surface area contributed by atoms with Crippen molar-refractivity contribution < 1.29 is 4.79 Å². The van der Waals surface area contributed by atoms with Gasteiger partial charge in [-0.1, -0.05) is 44.0 Å². The Balaban J connectivity index is 2.23. The van der Waals surface area contributed by atoms with E-state index in [1.165, 1.54) is 0 Å². The molecule has 0 unspecified atom stereocenters. The molecule has 0 saturated carbocycles. The maximum atomic E-state index is 12.2. The average Bonchev–Trinajstić information content (AvgIpc) is 2.42. The molecule has 0 fully saturated rings. The fourth-order valence-electron chi connectivity index (χ4n) is 1.59. The maximum absolute atomic E-state index is 12.2. The van der Waals surface area contributed by atoms with Crippen molar-refractivity contribution in [2.45, 2.75) is 5.33 Å². The molecule has 0 saturated heterocycles. The first-order chi connectivity index (χ1) is 9.51. The lowest BCUT2D eigenvalue weighted by atomic mass is 10.1. The molecule has 104 valence electrons. The first-order valence-electron chi connectivity index (χ1n) is 5.62. The molecule has 2 rings (SSSR count). The van der Waals surface area contributed by atoms with Crippen LogP contribution in [-0.4, -0.2) is 5.91 Å². The van der Waals surface area contributed by atoms with E-state index in [-0.39, 0.29) is 5.91 Å². The molecule has 20 heavy (non-hydrogen) atoms.